The number of amides is 1. The van der Waals surface area contributed by atoms with Crippen molar-refractivity contribution in [3.8, 4) is 5.75 Å². The van der Waals surface area contributed by atoms with Gasteiger partial charge in [0.25, 0.3) is 5.91 Å². The molecule has 7 heteroatoms. The Bertz CT molecular complexity index is 846. The molecule has 0 aliphatic rings. The number of rotatable bonds is 7. The molecule has 0 radical (unpaired) electrons. The van der Waals surface area contributed by atoms with Crippen molar-refractivity contribution >= 4 is 27.3 Å². The Morgan fingerprint density at radius 1 is 1.08 bits per heavy atom. The van der Waals surface area contributed by atoms with Gasteiger partial charge in [-0.3, -0.25) is 9.52 Å². The van der Waals surface area contributed by atoms with E-state index in [0.29, 0.717) is 29.1 Å². The molecular weight excluding hydrogens is 340 g/mol. The summed E-state index contributed by atoms with van der Waals surface area (Å²) >= 11 is 0. The summed E-state index contributed by atoms with van der Waals surface area (Å²) in [6.07, 6.45) is 0.543. The van der Waals surface area contributed by atoms with Crippen LogP contribution in [-0.2, 0) is 10.0 Å². The first kappa shape index (κ1) is 18.8. The fourth-order valence-corrected chi connectivity index (χ4v) is 3.45. The fraction of sp³-hybridized carbons (Fsp3) is 0.278. The van der Waals surface area contributed by atoms with Gasteiger partial charge < -0.3 is 10.1 Å². The van der Waals surface area contributed by atoms with E-state index in [1.165, 1.54) is 7.11 Å². The van der Waals surface area contributed by atoms with E-state index in [1.807, 2.05) is 13.0 Å². The quantitative estimate of drug-likeness (QED) is 0.790. The highest BCUT2D eigenvalue weighted by molar-refractivity contribution is 7.92. The summed E-state index contributed by atoms with van der Waals surface area (Å²) in [4.78, 5) is 12.4. The number of anilines is 2. The lowest BCUT2D eigenvalue weighted by molar-refractivity contribution is 0.102. The number of hydrogen-bond acceptors (Lipinski definition) is 4. The van der Waals surface area contributed by atoms with E-state index in [4.69, 9.17) is 4.74 Å². The monoisotopic (exact) mass is 362 g/mol. The van der Waals surface area contributed by atoms with Crippen molar-refractivity contribution in [2.45, 2.75) is 20.3 Å². The molecule has 0 aliphatic heterocycles. The summed E-state index contributed by atoms with van der Waals surface area (Å²) < 4.78 is 31.2. The zero-order valence-electron chi connectivity index (χ0n) is 14.5. The summed E-state index contributed by atoms with van der Waals surface area (Å²) in [5.41, 5.74) is 2.41. The number of sulfonamides is 1. The maximum atomic E-state index is 12.4. The predicted octanol–water partition coefficient (Wildman–Crippen LogP) is 3.41. The van der Waals surface area contributed by atoms with Crippen LogP contribution >= 0.6 is 0 Å². The minimum absolute atomic E-state index is 0.0681. The predicted molar refractivity (Wildman–Crippen MR) is 99.8 cm³/mol. The SMILES string of the molecule is CCCS(=O)(=O)Nc1ccc(NC(=O)c2cc(C)ccc2OC)cc1. The Kier molecular flexibility index (Phi) is 6.03. The van der Waals surface area contributed by atoms with Crippen LogP contribution in [0.2, 0.25) is 0 Å². The summed E-state index contributed by atoms with van der Waals surface area (Å²) in [5, 5.41) is 2.78. The van der Waals surface area contributed by atoms with Gasteiger partial charge in [0.15, 0.2) is 0 Å². The largest absolute Gasteiger partial charge is 0.496 e. The number of carbonyl (C=O) groups excluding carboxylic acids is 1. The van der Waals surface area contributed by atoms with E-state index in [-0.39, 0.29) is 11.7 Å². The van der Waals surface area contributed by atoms with Crippen LogP contribution in [0.15, 0.2) is 42.5 Å². The lowest BCUT2D eigenvalue weighted by atomic mass is 10.1. The number of ether oxygens (including phenoxy) is 1. The molecule has 0 bridgehead atoms. The minimum Gasteiger partial charge on any atom is -0.496 e. The maximum Gasteiger partial charge on any atom is 0.259 e. The lowest BCUT2D eigenvalue weighted by Gasteiger charge is -2.11. The molecule has 0 aromatic heterocycles. The van der Waals surface area contributed by atoms with Crippen LogP contribution in [0.25, 0.3) is 0 Å². The minimum atomic E-state index is -3.33. The molecule has 2 N–H and O–H groups in total. The van der Waals surface area contributed by atoms with Gasteiger partial charge in [-0.15, -0.1) is 0 Å². The van der Waals surface area contributed by atoms with Crippen LogP contribution in [0.5, 0.6) is 5.75 Å². The van der Waals surface area contributed by atoms with Crippen LogP contribution in [0.4, 0.5) is 11.4 Å². The molecule has 2 rings (SSSR count). The molecule has 0 spiro atoms. The summed E-state index contributed by atoms with van der Waals surface area (Å²) in [6.45, 7) is 3.70. The number of nitrogens with one attached hydrogen (secondary N) is 2. The van der Waals surface area contributed by atoms with Crippen LogP contribution in [0.1, 0.15) is 29.3 Å². The molecule has 0 aliphatic carbocycles. The van der Waals surface area contributed by atoms with Crippen LogP contribution in [0, 0.1) is 6.92 Å². The van der Waals surface area contributed by atoms with Gasteiger partial charge in [0.1, 0.15) is 5.75 Å². The average Bonchev–Trinajstić information content (AvgIpc) is 2.56. The molecule has 6 nitrogen and oxygen atoms in total. The Morgan fingerprint density at radius 3 is 2.32 bits per heavy atom. The van der Waals surface area contributed by atoms with Crippen molar-refractivity contribution in [1.82, 2.24) is 0 Å². The van der Waals surface area contributed by atoms with Crippen molar-refractivity contribution in [2.24, 2.45) is 0 Å². The van der Waals surface area contributed by atoms with Crippen LogP contribution < -0.4 is 14.8 Å². The smallest absolute Gasteiger partial charge is 0.259 e. The number of benzene rings is 2. The van der Waals surface area contributed by atoms with Crippen molar-refractivity contribution in [3.05, 3.63) is 53.6 Å². The third-order valence-electron chi connectivity index (χ3n) is 3.49. The maximum absolute atomic E-state index is 12.4. The van der Waals surface area contributed by atoms with Gasteiger partial charge in [-0.25, -0.2) is 8.42 Å². The lowest BCUT2D eigenvalue weighted by Crippen LogP contribution is -2.16. The van der Waals surface area contributed by atoms with Gasteiger partial charge in [-0.2, -0.15) is 0 Å². The summed E-state index contributed by atoms with van der Waals surface area (Å²) in [5.74, 6) is 0.269. The highest BCUT2D eigenvalue weighted by Crippen LogP contribution is 2.22. The van der Waals surface area contributed by atoms with E-state index in [1.54, 1.807) is 43.3 Å². The molecule has 0 saturated carbocycles. The standard InChI is InChI=1S/C18H22N2O4S/c1-4-11-25(22,23)20-15-8-6-14(7-9-15)19-18(21)16-12-13(2)5-10-17(16)24-3/h5-10,12,20H,4,11H2,1-3H3,(H,19,21). The highest BCUT2D eigenvalue weighted by atomic mass is 32.2. The molecule has 0 heterocycles. The molecule has 134 valence electrons. The van der Waals surface area contributed by atoms with E-state index < -0.39 is 10.0 Å². The van der Waals surface area contributed by atoms with E-state index >= 15 is 0 Å². The third kappa shape index (κ3) is 5.22. The summed E-state index contributed by atoms with van der Waals surface area (Å²) in [7, 11) is -1.82. The second kappa shape index (κ2) is 8.02. The molecule has 2 aromatic rings. The summed E-state index contributed by atoms with van der Waals surface area (Å²) in [6, 6.07) is 11.9. The first-order valence-corrected chi connectivity index (χ1v) is 9.56. The second-order valence-corrected chi connectivity index (χ2v) is 7.50. The van der Waals surface area contributed by atoms with Gasteiger partial charge in [-0.1, -0.05) is 18.6 Å². The Balaban J connectivity index is 2.11. The average molecular weight is 362 g/mol. The molecule has 0 saturated heterocycles. The van der Waals surface area contributed by atoms with E-state index in [9.17, 15) is 13.2 Å². The van der Waals surface area contributed by atoms with E-state index in [2.05, 4.69) is 10.0 Å². The topological polar surface area (TPSA) is 84.5 Å². The van der Waals surface area contributed by atoms with Gasteiger partial charge in [0, 0.05) is 11.4 Å². The zero-order valence-corrected chi connectivity index (χ0v) is 15.3. The number of carbonyl (C=O) groups is 1. The Morgan fingerprint density at radius 2 is 1.72 bits per heavy atom. The Hall–Kier alpha value is -2.54. The second-order valence-electron chi connectivity index (χ2n) is 5.66. The van der Waals surface area contributed by atoms with E-state index in [0.717, 1.165) is 5.56 Å². The zero-order chi connectivity index (χ0) is 18.4. The van der Waals surface area contributed by atoms with Crippen molar-refractivity contribution < 1.29 is 17.9 Å². The molecule has 0 atom stereocenters. The van der Waals surface area contributed by atoms with Crippen LogP contribution in [0.3, 0.4) is 0 Å². The van der Waals surface area contributed by atoms with Crippen molar-refractivity contribution in [3.63, 3.8) is 0 Å². The molecule has 1 amide bonds. The fourth-order valence-electron chi connectivity index (χ4n) is 2.32. The number of aryl methyl sites for hydroxylation is 1. The van der Waals surface area contributed by atoms with Gasteiger partial charge >= 0.3 is 0 Å². The van der Waals surface area contributed by atoms with Gasteiger partial charge in [-0.05, 0) is 49.7 Å². The first-order chi connectivity index (χ1) is 11.8. The molecule has 0 unspecified atom stereocenters. The van der Waals surface area contributed by atoms with Crippen molar-refractivity contribution in [2.75, 3.05) is 22.9 Å². The van der Waals surface area contributed by atoms with Gasteiger partial charge in [0.05, 0.1) is 18.4 Å². The Labute approximate surface area is 148 Å². The number of methoxy groups -OCH3 is 1. The molecule has 2 aromatic carbocycles. The highest BCUT2D eigenvalue weighted by Gasteiger charge is 2.13. The normalized spacial score (nSPS) is 11.0. The molecule has 25 heavy (non-hydrogen) atoms. The third-order valence-corrected chi connectivity index (χ3v) is 4.98. The van der Waals surface area contributed by atoms with Crippen LogP contribution in [-0.4, -0.2) is 27.2 Å². The molecule has 0 fully saturated rings. The number of hydrogen-bond donors (Lipinski definition) is 2. The van der Waals surface area contributed by atoms with Gasteiger partial charge in [0.2, 0.25) is 10.0 Å². The molecular formula is C18H22N2O4S. The first-order valence-electron chi connectivity index (χ1n) is 7.91. The van der Waals surface area contributed by atoms with Crippen molar-refractivity contribution in [1.29, 1.82) is 0 Å².